The van der Waals surface area contributed by atoms with Crippen LogP contribution in [0.5, 0.6) is 11.5 Å². The Hall–Kier alpha value is -2.36. The molecular weight excluding hydrogens is 450 g/mol. The van der Waals surface area contributed by atoms with Crippen LogP contribution in [0.4, 0.5) is 5.13 Å². The standard InChI is InChI=1S/C22H31N5O3S.ClH/c1-7-25(8-2)13-14-26(21(28)16-11-12-27(24-16)15(3)4)22-23-19-17(29-5)9-10-18(30-6)20(19)31-22;/h9-12,15H,7-8,13-14H2,1-6H3;1H. The van der Waals surface area contributed by atoms with Crippen molar-refractivity contribution < 1.29 is 14.3 Å². The summed E-state index contributed by atoms with van der Waals surface area (Å²) in [4.78, 5) is 22.3. The van der Waals surface area contributed by atoms with Crippen molar-refractivity contribution in [1.29, 1.82) is 0 Å². The van der Waals surface area contributed by atoms with Crippen molar-refractivity contribution in [2.24, 2.45) is 0 Å². The molecule has 0 spiro atoms. The summed E-state index contributed by atoms with van der Waals surface area (Å²) in [7, 11) is 3.24. The molecule has 1 aromatic carbocycles. The lowest BCUT2D eigenvalue weighted by Crippen LogP contribution is -2.39. The number of nitrogens with zero attached hydrogens (tertiary/aromatic N) is 5. The first-order valence-corrected chi connectivity index (χ1v) is 11.4. The van der Waals surface area contributed by atoms with Crippen molar-refractivity contribution in [2.75, 3.05) is 45.3 Å². The second-order valence-corrected chi connectivity index (χ2v) is 8.38. The number of methoxy groups -OCH3 is 2. The highest BCUT2D eigenvalue weighted by atomic mass is 35.5. The van der Waals surface area contributed by atoms with E-state index in [0.717, 1.165) is 24.3 Å². The number of carbonyl (C=O) groups is 1. The van der Waals surface area contributed by atoms with E-state index in [1.807, 2.05) is 32.2 Å². The minimum absolute atomic E-state index is 0. The Kier molecular flexibility index (Phi) is 9.30. The van der Waals surface area contributed by atoms with Gasteiger partial charge in [-0.05, 0) is 45.1 Å². The van der Waals surface area contributed by atoms with E-state index in [0.29, 0.717) is 34.4 Å². The van der Waals surface area contributed by atoms with Crippen LogP contribution in [0.15, 0.2) is 24.4 Å². The Morgan fingerprint density at radius 1 is 1.09 bits per heavy atom. The predicted molar refractivity (Wildman–Crippen MR) is 132 cm³/mol. The summed E-state index contributed by atoms with van der Waals surface area (Å²) in [5.74, 6) is 1.20. The van der Waals surface area contributed by atoms with Gasteiger partial charge < -0.3 is 14.4 Å². The zero-order chi connectivity index (χ0) is 22.5. The number of likely N-dealkylation sites (N-methyl/N-ethyl adjacent to an activating group) is 1. The van der Waals surface area contributed by atoms with Gasteiger partial charge in [0.25, 0.3) is 5.91 Å². The van der Waals surface area contributed by atoms with Crippen molar-refractivity contribution >= 4 is 45.0 Å². The summed E-state index contributed by atoms with van der Waals surface area (Å²) >= 11 is 1.42. The van der Waals surface area contributed by atoms with Crippen LogP contribution in [0, 0.1) is 0 Å². The van der Waals surface area contributed by atoms with E-state index in [2.05, 4.69) is 23.8 Å². The van der Waals surface area contributed by atoms with Crippen LogP contribution in [-0.2, 0) is 0 Å². The molecule has 3 rings (SSSR count). The number of rotatable bonds is 10. The number of hydrogen-bond donors (Lipinski definition) is 0. The molecule has 0 aliphatic rings. The van der Waals surface area contributed by atoms with Crippen molar-refractivity contribution in [1.82, 2.24) is 19.7 Å². The van der Waals surface area contributed by atoms with Crippen molar-refractivity contribution in [2.45, 2.75) is 33.7 Å². The smallest absolute Gasteiger partial charge is 0.280 e. The summed E-state index contributed by atoms with van der Waals surface area (Å²) in [5, 5.41) is 5.09. The fourth-order valence-corrected chi connectivity index (χ4v) is 4.43. The number of carbonyl (C=O) groups excluding carboxylic acids is 1. The minimum Gasteiger partial charge on any atom is -0.495 e. The lowest BCUT2D eigenvalue weighted by molar-refractivity contribution is 0.0978. The second-order valence-electron chi connectivity index (χ2n) is 7.40. The molecule has 0 aliphatic carbocycles. The molecule has 0 saturated carbocycles. The van der Waals surface area contributed by atoms with Gasteiger partial charge in [-0.2, -0.15) is 5.10 Å². The van der Waals surface area contributed by atoms with Gasteiger partial charge in [0.1, 0.15) is 21.7 Å². The Morgan fingerprint density at radius 3 is 2.31 bits per heavy atom. The molecule has 0 radical (unpaired) electrons. The molecule has 0 aliphatic heterocycles. The number of ether oxygens (including phenoxy) is 2. The largest absolute Gasteiger partial charge is 0.495 e. The van der Waals surface area contributed by atoms with Crippen LogP contribution >= 0.6 is 23.7 Å². The summed E-state index contributed by atoms with van der Waals surface area (Å²) < 4.78 is 13.6. The predicted octanol–water partition coefficient (Wildman–Crippen LogP) is 4.50. The quantitative estimate of drug-likeness (QED) is 0.424. The first kappa shape index (κ1) is 25.9. The number of benzene rings is 1. The Labute approximate surface area is 199 Å². The molecule has 8 nitrogen and oxygen atoms in total. The van der Waals surface area contributed by atoms with Gasteiger partial charge >= 0.3 is 0 Å². The lowest BCUT2D eigenvalue weighted by atomic mass is 10.3. The minimum atomic E-state index is -0.163. The number of amides is 1. The van der Waals surface area contributed by atoms with E-state index in [9.17, 15) is 4.79 Å². The molecule has 0 N–H and O–H groups in total. The number of fused-ring (bicyclic) bond motifs is 1. The molecule has 32 heavy (non-hydrogen) atoms. The van der Waals surface area contributed by atoms with E-state index >= 15 is 0 Å². The summed E-state index contributed by atoms with van der Waals surface area (Å²) in [5.41, 5.74) is 1.10. The Morgan fingerprint density at radius 2 is 1.75 bits per heavy atom. The fourth-order valence-electron chi connectivity index (χ4n) is 3.33. The third-order valence-electron chi connectivity index (χ3n) is 5.27. The SMILES string of the molecule is CCN(CC)CCN(C(=O)c1ccn(C(C)C)n1)c1nc2c(OC)ccc(OC)c2s1.Cl. The maximum atomic E-state index is 13.5. The molecule has 10 heteroatoms. The average molecular weight is 482 g/mol. The average Bonchev–Trinajstić information content (AvgIpc) is 3.43. The molecule has 3 aromatic rings. The summed E-state index contributed by atoms with van der Waals surface area (Å²) in [6.45, 7) is 11.4. The number of halogens is 1. The fraction of sp³-hybridized carbons (Fsp3) is 0.500. The van der Waals surface area contributed by atoms with Gasteiger partial charge in [-0.25, -0.2) is 4.98 Å². The first-order chi connectivity index (χ1) is 14.9. The third kappa shape index (κ3) is 5.33. The van der Waals surface area contributed by atoms with Crippen LogP contribution in [0.2, 0.25) is 0 Å². The highest BCUT2D eigenvalue weighted by molar-refractivity contribution is 7.22. The van der Waals surface area contributed by atoms with Crippen molar-refractivity contribution in [3.63, 3.8) is 0 Å². The summed E-state index contributed by atoms with van der Waals surface area (Å²) in [6.07, 6.45) is 1.84. The number of aromatic nitrogens is 3. The van der Waals surface area contributed by atoms with Crippen LogP contribution in [-0.4, -0.2) is 66.0 Å². The van der Waals surface area contributed by atoms with Gasteiger partial charge in [-0.1, -0.05) is 25.2 Å². The van der Waals surface area contributed by atoms with E-state index in [-0.39, 0.29) is 24.4 Å². The third-order valence-corrected chi connectivity index (χ3v) is 6.36. The van der Waals surface area contributed by atoms with Crippen LogP contribution in [0.1, 0.15) is 44.2 Å². The monoisotopic (exact) mass is 481 g/mol. The Bertz CT molecular complexity index is 991. The van der Waals surface area contributed by atoms with E-state index in [1.54, 1.807) is 29.9 Å². The number of thiazole rings is 1. The van der Waals surface area contributed by atoms with Crippen molar-refractivity contribution in [3.05, 3.63) is 30.1 Å². The molecular formula is C22H32ClN5O3S. The number of anilines is 1. The van der Waals surface area contributed by atoms with Gasteiger partial charge in [0.05, 0.1) is 14.2 Å². The maximum Gasteiger partial charge on any atom is 0.280 e. The van der Waals surface area contributed by atoms with Gasteiger partial charge in [0.15, 0.2) is 10.8 Å². The van der Waals surface area contributed by atoms with Gasteiger partial charge in [0, 0.05) is 25.3 Å². The molecule has 2 aromatic heterocycles. The maximum absolute atomic E-state index is 13.5. The molecule has 0 saturated heterocycles. The summed E-state index contributed by atoms with van der Waals surface area (Å²) in [6, 6.07) is 5.63. The molecule has 176 valence electrons. The second kappa shape index (κ2) is 11.5. The van der Waals surface area contributed by atoms with Crippen LogP contribution in [0.25, 0.3) is 10.2 Å². The van der Waals surface area contributed by atoms with E-state index in [1.165, 1.54) is 11.3 Å². The zero-order valence-electron chi connectivity index (χ0n) is 19.5. The van der Waals surface area contributed by atoms with Crippen molar-refractivity contribution in [3.8, 4) is 11.5 Å². The normalized spacial score (nSPS) is 11.1. The molecule has 0 atom stereocenters. The van der Waals surface area contributed by atoms with Gasteiger partial charge in [0.2, 0.25) is 0 Å². The first-order valence-electron chi connectivity index (χ1n) is 10.5. The van der Waals surface area contributed by atoms with Gasteiger partial charge in [-0.3, -0.25) is 14.4 Å². The highest BCUT2D eigenvalue weighted by Gasteiger charge is 2.25. The lowest BCUT2D eigenvalue weighted by Gasteiger charge is -2.24. The topological polar surface area (TPSA) is 72.7 Å². The van der Waals surface area contributed by atoms with Gasteiger partial charge in [-0.15, -0.1) is 12.4 Å². The zero-order valence-corrected chi connectivity index (χ0v) is 21.1. The molecule has 0 bridgehead atoms. The van der Waals surface area contributed by atoms with Crippen LogP contribution in [0.3, 0.4) is 0 Å². The van der Waals surface area contributed by atoms with Crippen LogP contribution < -0.4 is 14.4 Å². The Balaban J connectivity index is 0.00000363. The highest BCUT2D eigenvalue weighted by Crippen LogP contribution is 2.40. The molecule has 1 amide bonds. The van der Waals surface area contributed by atoms with E-state index < -0.39 is 0 Å². The molecule has 0 fully saturated rings. The number of hydrogen-bond acceptors (Lipinski definition) is 7. The van der Waals surface area contributed by atoms with E-state index in [4.69, 9.17) is 14.5 Å². The molecule has 0 unspecified atom stereocenters. The molecule has 2 heterocycles.